The van der Waals surface area contributed by atoms with E-state index in [9.17, 15) is 34.8 Å². The highest BCUT2D eigenvalue weighted by atomic mass is 16.6. The quantitative estimate of drug-likeness (QED) is 0.284. The van der Waals surface area contributed by atoms with Gasteiger partial charge >= 0.3 is 6.09 Å². The third-order valence-corrected chi connectivity index (χ3v) is 6.36. The lowest BCUT2D eigenvalue weighted by Gasteiger charge is -2.37. The summed E-state index contributed by atoms with van der Waals surface area (Å²) in [5.74, 6) is -2.53. The molecule has 0 radical (unpaired) electrons. The van der Waals surface area contributed by atoms with Crippen molar-refractivity contribution in [2.45, 2.75) is 24.5 Å². The predicted molar refractivity (Wildman–Crippen MR) is 123 cm³/mol. The fourth-order valence-electron chi connectivity index (χ4n) is 4.77. The fourth-order valence-corrected chi connectivity index (χ4v) is 4.77. The molecule has 0 aliphatic heterocycles. The van der Waals surface area contributed by atoms with E-state index >= 15 is 0 Å². The van der Waals surface area contributed by atoms with Crippen LogP contribution in [0.2, 0.25) is 0 Å². The lowest BCUT2D eigenvalue weighted by Crippen LogP contribution is -2.43. The highest BCUT2D eigenvalue weighted by Gasteiger charge is 2.45. The summed E-state index contributed by atoms with van der Waals surface area (Å²) < 4.78 is 5.14. The number of fused-ring (bicyclic) bond motifs is 3. The lowest BCUT2D eigenvalue weighted by molar-refractivity contribution is -0.0613. The normalized spacial score (nSPS) is 20.5. The van der Waals surface area contributed by atoms with Crippen molar-refractivity contribution < 1.29 is 39.5 Å². The van der Waals surface area contributed by atoms with E-state index in [2.05, 4.69) is 5.32 Å². The molecule has 3 aromatic carbocycles. The molecule has 0 fully saturated rings. The van der Waals surface area contributed by atoms with Gasteiger partial charge in [0.1, 0.15) is 23.7 Å². The summed E-state index contributed by atoms with van der Waals surface area (Å²) in [6.07, 6.45) is -3.02. The van der Waals surface area contributed by atoms with Crippen molar-refractivity contribution in [1.82, 2.24) is 0 Å². The van der Waals surface area contributed by atoms with Gasteiger partial charge < -0.3 is 25.2 Å². The zero-order valence-corrected chi connectivity index (χ0v) is 18.3. The number of benzene rings is 3. The Bertz CT molecular complexity index is 1380. The average molecular weight is 475 g/mol. The van der Waals surface area contributed by atoms with E-state index in [0.717, 1.165) is 0 Å². The zero-order valence-electron chi connectivity index (χ0n) is 18.3. The number of anilines is 1. The Kier molecular flexibility index (Phi) is 5.31. The molecule has 9 heteroatoms. The SMILES string of the molecule is O=C(Nc1ccccc1)OC[C@@]1(O)Cc2c(O)c3c(c(O)c2[C@@H](O)C1)C(=O)c1ccccc1C3=O. The maximum absolute atomic E-state index is 13.1. The first-order chi connectivity index (χ1) is 16.7. The molecular weight excluding hydrogens is 454 g/mol. The van der Waals surface area contributed by atoms with E-state index in [4.69, 9.17) is 4.74 Å². The number of hydrogen-bond donors (Lipinski definition) is 5. The highest BCUT2D eigenvalue weighted by molar-refractivity contribution is 6.30. The van der Waals surface area contributed by atoms with Crippen molar-refractivity contribution in [3.05, 3.63) is 88.0 Å². The number of ketones is 2. The topological polar surface area (TPSA) is 153 Å². The lowest BCUT2D eigenvalue weighted by atomic mass is 9.73. The Labute approximate surface area is 199 Å². The van der Waals surface area contributed by atoms with Gasteiger partial charge in [-0.05, 0) is 12.1 Å². The standard InChI is InChI=1S/C26H21NO8/c28-17-11-26(34,12-35-25(33)27-13-6-2-1-3-7-13)10-16-18(17)24(32)20-19(23(16)31)21(29)14-8-4-5-9-15(14)22(20)30/h1-9,17,28,31-32,34H,10-12H2,(H,27,33)/t17-,26+/m0/s1. The first kappa shape index (κ1) is 22.6. The summed E-state index contributed by atoms with van der Waals surface area (Å²) in [6.45, 7) is -0.533. The second kappa shape index (κ2) is 8.23. The Morgan fingerprint density at radius 3 is 2.14 bits per heavy atom. The molecule has 2 aliphatic rings. The third-order valence-electron chi connectivity index (χ3n) is 6.36. The molecule has 35 heavy (non-hydrogen) atoms. The Morgan fingerprint density at radius 2 is 1.51 bits per heavy atom. The van der Waals surface area contributed by atoms with E-state index in [1.165, 1.54) is 12.1 Å². The van der Waals surface area contributed by atoms with E-state index < -0.39 is 47.5 Å². The van der Waals surface area contributed by atoms with Crippen LogP contribution in [-0.2, 0) is 11.2 Å². The van der Waals surface area contributed by atoms with Crippen LogP contribution < -0.4 is 5.32 Å². The van der Waals surface area contributed by atoms with Crippen molar-refractivity contribution >= 4 is 23.3 Å². The average Bonchev–Trinajstić information content (AvgIpc) is 2.84. The van der Waals surface area contributed by atoms with Crippen molar-refractivity contribution in [2.24, 2.45) is 0 Å². The number of hydrogen-bond acceptors (Lipinski definition) is 8. The van der Waals surface area contributed by atoms with Gasteiger partial charge in [0.05, 0.1) is 17.2 Å². The molecule has 0 aromatic heterocycles. The largest absolute Gasteiger partial charge is 0.507 e. The Hall–Kier alpha value is -4.21. The summed E-state index contributed by atoms with van der Waals surface area (Å²) in [7, 11) is 0. The number of phenolic OH excluding ortho intramolecular Hbond substituents is 2. The fraction of sp³-hybridized carbons (Fsp3) is 0.192. The summed E-state index contributed by atoms with van der Waals surface area (Å²) in [5, 5.41) is 46.3. The molecule has 1 amide bonds. The molecule has 0 bridgehead atoms. The molecule has 0 heterocycles. The number of ether oxygens (including phenoxy) is 1. The van der Waals surface area contributed by atoms with Gasteiger partial charge in [0.25, 0.3) is 0 Å². The van der Waals surface area contributed by atoms with Gasteiger partial charge in [0.15, 0.2) is 11.6 Å². The number of phenols is 2. The van der Waals surface area contributed by atoms with Crippen LogP contribution in [0.25, 0.3) is 0 Å². The molecule has 9 nitrogen and oxygen atoms in total. The van der Waals surface area contributed by atoms with E-state index in [0.29, 0.717) is 5.69 Å². The minimum atomic E-state index is -1.81. The number of carbonyl (C=O) groups is 3. The molecule has 0 saturated carbocycles. The van der Waals surface area contributed by atoms with Crippen LogP contribution in [0.4, 0.5) is 10.5 Å². The van der Waals surface area contributed by atoms with Gasteiger partial charge in [-0.1, -0.05) is 42.5 Å². The molecule has 0 spiro atoms. The number of aromatic hydroxyl groups is 2. The number of amides is 1. The van der Waals surface area contributed by atoms with Crippen molar-refractivity contribution in [3.63, 3.8) is 0 Å². The summed E-state index contributed by atoms with van der Waals surface area (Å²) >= 11 is 0. The molecule has 5 N–H and O–H groups in total. The second-order valence-corrected chi connectivity index (χ2v) is 8.73. The zero-order chi connectivity index (χ0) is 24.9. The van der Waals surface area contributed by atoms with E-state index in [-0.39, 0.29) is 46.2 Å². The number of aliphatic hydroxyl groups excluding tert-OH is 1. The van der Waals surface area contributed by atoms with Crippen LogP contribution in [0, 0.1) is 0 Å². The second-order valence-electron chi connectivity index (χ2n) is 8.73. The van der Waals surface area contributed by atoms with Gasteiger partial charge in [0, 0.05) is 40.8 Å². The smallest absolute Gasteiger partial charge is 0.411 e. The van der Waals surface area contributed by atoms with Crippen LogP contribution >= 0.6 is 0 Å². The molecule has 0 unspecified atom stereocenters. The van der Waals surface area contributed by atoms with Gasteiger partial charge in [0.2, 0.25) is 0 Å². The molecule has 3 aromatic rings. The minimum Gasteiger partial charge on any atom is -0.507 e. The van der Waals surface area contributed by atoms with Crippen molar-refractivity contribution in [3.8, 4) is 11.5 Å². The first-order valence-corrected chi connectivity index (χ1v) is 10.9. The monoisotopic (exact) mass is 475 g/mol. The molecule has 2 aliphatic carbocycles. The van der Waals surface area contributed by atoms with Crippen LogP contribution in [0.15, 0.2) is 54.6 Å². The van der Waals surface area contributed by atoms with Gasteiger partial charge in [-0.15, -0.1) is 0 Å². The molecule has 5 rings (SSSR count). The number of aliphatic hydroxyl groups is 2. The van der Waals surface area contributed by atoms with E-state index in [1.807, 2.05) is 0 Å². The van der Waals surface area contributed by atoms with E-state index in [1.54, 1.807) is 42.5 Å². The summed E-state index contributed by atoms with van der Waals surface area (Å²) in [5.41, 5.74) is -2.16. The summed E-state index contributed by atoms with van der Waals surface area (Å²) in [6, 6.07) is 14.6. The number of rotatable bonds is 3. The number of nitrogens with one attached hydrogen (secondary N) is 1. The van der Waals surface area contributed by atoms with Crippen molar-refractivity contribution in [1.29, 1.82) is 0 Å². The molecule has 178 valence electrons. The predicted octanol–water partition coefficient (Wildman–Crippen LogP) is 2.83. The Balaban J connectivity index is 1.47. The molecular formula is C26H21NO8. The third kappa shape index (κ3) is 3.71. The maximum atomic E-state index is 13.1. The van der Waals surface area contributed by atoms with Crippen LogP contribution in [0.3, 0.4) is 0 Å². The first-order valence-electron chi connectivity index (χ1n) is 10.9. The van der Waals surface area contributed by atoms with Crippen LogP contribution in [0.5, 0.6) is 11.5 Å². The van der Waals surface area contributed by atoms with Gasteiger partial charge in [-0.2, -0.15) is 0 Å². The maximum Gasteiger partial charge on any atom is 0.411 e. The molecule has 2 atom stereocenters. The number of carbonyl (C=O) groups excluding carboxylic acids is 3. The van der Waals surface area contributed by atoms with Crippen LogP contribution in [0.1, 0.15) is 55.5 Å². The minimum absolute atomic E-state index is 0.0761. The highest BCUT2D eigenvalue weighted by Crippen LogP contribution is 2.50. The van der Waals surface area contributed by atoms with Gasteiger partial charge in [-0.3, -0.25) is 14.9 Å². The van der Waals surface area contributed by atoms with Crippen LogP contribution in [-0.4, -0.2) is 50.3 Å². The number of para-hydroxylation sites is 1. The van der Waals surface area contributed by atoms with Crippen molar-refractivity contribution in [2.75, 3.05) is 11.9 Å². The molecule has 0 saturated heterocycles. The Morgan fingerprint density at radius 1 is 0.943 bits per heavy atom. The van der Waals surface area contributed by atoms with Gasteiger partial charge in [-0.25, -0.2) is 4.79 Å². The summed E-state index contributed by atoms with van der Waals surface area (Å²) in [4.78, 5) is 38.3.